The number of nitrogens with one attached hydrogen (secondary N) is 1. The second-order valence-electron chi connectivity index (χ2n) is 7.34. The maximum absolute atomic E-state index is 13.7. The molecule has 32 heavy (non-hydrogen) atoms. The zero-order valence-corrected chi connectivity index (χ0v) is 17.9. The molecular weight excluding hydrogens is 414 g/mol. The number of imidazole rings is 1. The molecule has 0 spiro atoms. The quantitative estimate of drug-likeness (QED) is 0.343. The summed E-state index contributed by atoms with van der Waals surface area (Å²) >= 11 is 0. The van der Waals surface area contributed by atoms with Crippen molar-refractivity contribution in [3.63, 3.8) is 0 Å². The van der Waals surface area contributed by atoms with Gasteiger partial charge in [0, 0.05) is 17.7 Å². The standard InChI is InChI=1S/C25H24F2N2O3/c1-3-30-21-10-11-23-24(13-21)29-25(28-23)15-31-16(2)17-5-8-20(9-6-17)32-14-18-4-7-19(26)12-22(18)27/h4-13,16H,3,14-15H2,1-2H3,(H,28,29). The molecule has 4 rings (SSSR count). The van der Waals surface area contributed by atoms with Crippen LogP contribution in [0.1, 0.15) is 36.9 Å². The fraction of sp³-hybridized carbons (Fsp3) is 0.240. The average Bonchev–Trinajstić information content (AvgIpc) is 3.20. The molecule has 0 fully saturated rings. The summed E-state index contributed by atoms with van der Waals surface area (Å²) in [5, 5.41) is 0. The number of aromatic amines is 1. The van der Waals surface area contributed by atoms with Crippen molar-refractivity contribution in [2.24, 2.45) is 0 Å². The molecule has 0 saturated heterocycles. The van der Waals surface area contributed by atoms with E-state index in [-0.39, 0.29) is 12.7 Å². The second-order valence-corrected chi connectivity index (χ2v) is 7.34. The van der Waals surface area contributed by atoms with E-state index >= 15 is 0 Å². The molecule has 0 bridgehead atoms. The van der Waals surface area contributed by atoms with Crippen molar-refractivity contribution < 1.29 is 23.0 Å². The van der Waals surface area contributed by atoms with Gasteiger partial charge in [-0.05, 0) is 55.8 Å². The van der Waals surface area contributed by atoms with Crippen molar-refractivity contribution >= 4 is 11.0 Å². The number of aromatic nitrogens is 2. The molecular formula is C25H24F2N2O3. The Labute approximate surface area is 185 Å². The number of benzene rings is 3. The first-order valence-electron chi connectivity index (χ1n) is 10.4. The number of fused-ring (bicyclic) bond motifs is 1. The zero-order chi connectivity index (χ0) is 22.5. The molecule has 1 heterocycles. The van der Waals surface area contributed by atoms with Crippen LogP contribution in [0.4, 0.5) is 8.78 Å². The van der Waals surface area contributed by atoms with Gasteiger partial charge in [-0.15, -0.1) is 0 Å². The van der Waals surface area contributed by atoms with E-state index < -0.39 is 11.6 Å². The third-order valence-corrected chi connectivity index (χ3v) is 5.04. The molecule has 166 valence electrons. The molecule has 0 aliphatic heterocycles. The van der Waals surface area contributed by atoms with Crippen LogP contribution in [-0.2, 0) is 18.0 Å². The molecule has 3 aromatic carbocycles. The monoisotopic (exact) mass is 438 g/mol. The summed E-state index contributed by atoms with van der Waals surface area (Å²) in [6, 6.07) is 16.6. The lowest BCUT2D eigenvalue weighted by molar-refractivity contribution is 0.0488. The van der Waals surface area contributed by atoms with E-state index in [2.05, 4.69) is 9.97 Å². The Morgan fingerprint density at radius 1 is 0.906 bits per heavy atom. The van der Waals surface area contributed by atoms with Crippen LogP contribution in [0.15, 0.2) is 60.7 Å². The van der Waals surface area contributed by atoms with E-state index in [9.17, 15) is 8.78 Å². The number of hydrogen-bond donors (Lipinski definition) is 1. The van der Waals surface area contributed by atoms with Gasteiger partial charge in [-0.1, -0.05) is 12.1 Å². The first-order valence-corrected chi connectivity index (χ1v) is 10.4. The van der Waals surface area contributed by atoms with Crippen LogP contribution < -0.4 is 9.47 Å². The molecule has 0 amide bonds. The van der Waals surface area contributed by atoms with E-state index in [1.165, 1.54) is 12.1 Å². The molecule has 1 aromatic heterocycles. The fourth-order valence-electron chi connectivity index (χ4n) is 3.30. The Hall–Kier alpha value is -3.45. The van der Waals surface area contributed by atoms with Gasteiger partial charge in [0.05, 0.1) is 23.7 Å². The van der Waals surface area contributed by atoms with Gasteiger partial charge < -0.3 is 19.2 Å². The van der Waals surface area contributed by atoms with Gasteiger partial charge in [0.1, 0.15) is 42.2 Å². The van der Waals surface area contributed by atoms with Crippen molar-refractivity contribution in [1.82, 2.24) is 9.97 Å². The summed E-state index contributed by atoms with van der Waals surface area (Å²) in [5.41, 5.74) is 3.03. The predicted molar refractivity (Wildman–Crippen MR) is 118 cm³/mol. The third-order valence-electron chi connectivity index (χ3n) is 5.04. The Morgan fingerprint density at radius 3 is 2.44 bits per heavy atom. The molecule has 1 N–H and O–H groups in total. The summed E-state index contributed by atoms with van der Waals surface area (Å²) in [6.07, 6.45) is -0.161. The number of hydrogen-bond acceptors (Lipinski definition) is 4. The first kappa shape index (κ1) is 21.8. The highest BCUT2D eigenvalue weighted by Crippen LogP contribution is 2.24. The van der Waals surface area contributed by atoms with Gasteiger partial charge >= 0.3 is 0 Å². The second kappa shape index (κ2) is 9.78. The van der Waals surface area contributed by atoms with E-state index in [1.54, 1.807) is 12.1 Å². The molecule has 0 aliphatic rings. The Balaban J connectivity index is 1.32. The molecule has 4 aromatic rings. The first-order chi connectivity index (χ1) is 15.5. The van der Waals surface area contributed by atoms with Gasteiger partial charge in [-0.2, -0.15) is 0 Å². The van der Waals surface area contributed by atoms with Crippen LogP contribution in [0, 0.1) is 11.6 Å². The van der Waals surface area contributed by atoms with Crippen LogP contribution in [-0.4, -0.2) is 16.6 Å². The highest BCUT2D eigenvalue weighted by atomic mass is 19.1. The highest BCUT2D eigenvalue weighted by Gasteiger charge is 2.10. The molecule has 1 unspecified atom stereocenters. The average molecular weight is 438 g/mol. The van der Waals surface area contributed by atoms with Gasteiger partial charge in [-0.3, -0.25) is 0 Å². The van der Waals surface area contributed by atoms with Crippen molar-refractivity contribution in [3.8, 4) is 11.5 Å². The van der Waals surface area contributed by atoms with Crippen LogP contribution in [0.2, 0.25) is 0 Å². The summed E-state index contributed by atoms with van der Waals surface area (Å²) < 4.78 is 43.8. The van der Waals surface area contributed by atoms with Crippen molar-refractivity contribution in [3.05, 3.63) is 89.2 Å². The number of rotatable bonds is 9. The minimum atomic E-state index is -0.622. The zero-order valence-electron chi connectivity index (χ0n) is 17.9. The smallest absolute Gasteiger partial charge is 0.133 e. The lowest BCUT2D eigenvalue weighted by Crippen LogP contribution is -2.02. The summed E-state index contributed by atoms with van der Waals surface area (Å²) in [4.78, 5) is 7.82. The van der Waals surface area contributed by atoms with Gasteiger partial charge in [0.2, 0.25) is 0 Å². The molecule has 0 radical (unpaired) electrons. The maximum Gasteiger partial charge on any atom is 0.133 e. The highest BCUT2D eigenvalue weighted by molar-refractivity contribution is 5.76. The van der Waals surface area contributed by atoms with Crippen LogP contribution in [0.3, 0.4) is 0 Å². The SMILES string of the molecule is CCOc1ccc2[nH]c(COC(C)c3ccc(OCc4ccc(F)cc4F)cc3)nc2c1. The normalized spacial score (nSPS) is 12.1. The van der Waals surface area contributed by atoms with Crippen LogP contribution in [0.25, 0.3) is 11.0 Å². The van der Waals surface area contributed by atoms with Gasteiger partial charge in [-0.25, -0.2) is 13.8 Å². The molecule has 0 aliphatic carbocycles. The number of H-pyrrole nitrogens is 1. The summed E-state index contributed by atoms with van der Waals surface area (Å²) in [6.45, 7) is 4.87. The third kappa shape index (κ3) is 5.23. The number of halogens is 2. The van der Waals surface area contributed by atoms with E-state index in [0.717, 1.165) is 34.2 Å². The van der Waals surface area contributed by atoms with Crippen LogP contribution in [0.5, 0.6) is 11.5 Å². The molecule has 1 atom stereocenters. The Kier molecular flexibility index (Phi) is 6.66. The molecule has 0 saturated carbocycles. The van der Waals surface area contributed by atoms with Crippen molar-refractivity contribution in [2.75, 3.05) is 6.61 Å². The van der Waals surface area contributed by atoms with E-state index in [1.807, 2.05) is 44.2 Å². The van der Waals surface area contributed by atoms with E-state index in [0.29, 0.717) is 24.5 Å². The lowest BCUT2D eigenvalue weighted by atomic mass is 10.1. The molecule has 5 nitrogen and oxygen atoms in total. The Bertz CT molecular complexity index is 1190. The van der Waals surface area contributed by atoms with Gasteiger partial charge in [0.15, 0.2) is 0 Å². The topological polar surface area (TPSA) is 56.4 Å². The summed E-state index contributed by atoms with van der Waals surface area (Å²) in [7, 11) is 0. The van der Waals surface area contributed by atoms with Crippen LogP contribution >= 0.6 is 0 Å². The van der Waals surface area contributed by atoms with Crippen molar-refractivity contribution in [2.45, 2.75) is 33.2 Å². The maximum atomic E-state index is 13.7. The summed E-state index contributed by atoms with van der Waals surface area (Å²) in [5.74, 6) is 0.886. The largest absolute Gasteiger partial charge is 0.494 e. The van der Waals surface area contributed by atoms with Gasteiger partial charge in [0.25, 0.3) is 0 Å². The lowest BCUT2D eigenvalue weighted by Gasteiger charge is -2.13. The number of ether oxygens (including phenoxy) is 3. The minimum Gasteiger partial charge on any atom is -0.494 e. The Morgan fingerprint density at radius 2 is 1.69 bits per heavy atom. The fourth-order valence-corrected chi connectivity index (χ4v) is 3.30. The predicted octanol–water partition coefficient (Wildman–Crippen LogP) is 6.10. The van der Waals surface area contributed by atoms with E-state index in [4.69, 9.17) is 14.2 Å². The number of nitrogens with zero attached hydrogens (tertiary/aromatic N) is 1. The van der Waals surface area contributed by atoms with Crippen molar-refractivity contribution in [1.29, 1.82) is 0 Å². The molecule has 7 heteroatoms. The minimum absolute atomic E-state index is 0.0224.